The molecule has 5 heteroatoms. The van der Waals surface area contributed by atoms with Crippen LogP contribution in [-0.4, -0.2) is 28.5 Å². The SMILES string of the molecule is O=C(NCCc1nc2ccccc2[nH]1)[C@@H]1Cc2ccccc2O1. The Bertz CT molecular complexity index is 798. The van der Waals surface area contributed by atoms with Gasteiger partial charge in [0.1, 0.15) is 11.6 Å². The Morgan fingerprint density at radius 2 is 2.04 bits per heavy atom. The lowest BCUT2D eigenvalue weighted by Crippen LogP contribution is -2.38. The molecule has 5 nitrogen and oxygen atoms in total. The Balaban J connectivity index is 1.32. The number of aromatic amines is 1. The standard InChI is InChI=1S/C18H17N3O2/c22-18(16-11-12-5-1-4-8-15(12)23-16)19-10-9-17-20-13-6-2-3-7-14(13)21-17/h1-8,16H,9-11H2,(H,19,22)(H,20,21)/t16-/m0/s1. The monoisotopic (exact) mass is 307 g/mol. The number of hydrogen-bond donors (Lipinski definition) is 2. The van der Waals surface area contributed by atoms with Gasteiger partial charge in [0, 0.05) is 19.4 Å². The second-order valence-corrected chi connectivity index (χ2v) is 5.66. The summed E-state index contributed by atoms with van der Waals surface area (Å²) in [5.41, 5.74) is 3.05. The molecule has 1 aromatic heterocycles. The number of nitrogens with one attached hydrogen (secondary N) is 2. The van der Waals surface area contributed by atoms with Gasteiger partial charge >= 0.3 is 0 Å². The molecule has 2 heterocycles. The molecule has 1 atom stereocenters. The third-order valence-electron chi connectivity index (χ3n) is 4.04. The van der Waals surface area contributed by atoms with Gasteiger partial charge in [-0.2, -0.15) is 0 Å². The summed E-state index contributed by atoms with van der Waals surface area (Å²) in [5.74, 6) is 1.62. The Morgan fingerprint density at radius 3 is 2.91 bits per heavy atom. The minimum atomic E-state index is -0.428. The van der Waals surface area contributed by atoms with Gasteiger partial charge in [0.15, 0.2) is 6.10 Å². The third-order valence-corrected chi connectivity index (χ3v) is 4.04. The molecule has 0 spiro atoms. The van der Waals surface area contributed by atoms with E-state index in [0.29, 0.717) is 19.4 Å². The van der Waals surface area contributed by atoms with Crippen molar-refractivity contribution >= 4 is 16.9 Å². The van der Waals surface area contributed by atoms with Crippen LogP contribution in [0.15, 0.2) is 48.5 Å². The van der Waals surface area contributed by atoms with E-state index in [-0.39, 0.29) is 5.91 Å². The van der Waals surface area contributed by atoms with Crippen LogP contribution in [0.3, 0.4) is 0 Å². The van der Waals surface area contributed by atoms with Crippen molar-refractivity contribution in [3.05, 3.63) is 59.9 Å². The van der Waals surface area contributed by atoms with Crippen LogP contribution in [0.4, 0.5) is 0 Å². The largest absolute Gasteiger partial charge is 0.480 e. The summed E-state index contributed by atoms with van der Waals surface area (Å²) in [7, 11) is 0. The predicted octanol–water partition coefficient (Wildman–Crippen LogP) is 2.23. The summed E-state index contributed by atoms with van der Waals surface area (Å²) in [6.45, 7) is 0.537. The first-order valence-corrected chi connectivity index (χ1v) is 7.75. The van der Waals surface area contributed by atoms with Crippen LogP contribution in [0.25, 0.3) is 11.0 Å². The van der Waals surface area contributed by atoms with Gasteiger partial charge in [0.2, 0.25) is 0 Å². The summed E-state index contributed by atoms with van der Waals surface area (Å²) >= 11 is 0. The molecule has 0 fully saturated rings. The zero-order valence-corrected chi connectivity index (χ0v) is 12.6. The molecular formula is C18H17N3O2. The number of rotatable bonds is 4. The molecule has 0 radical (unpaired) electrons. The number of aromatic nitrogens is 2. The van der Waals surface area contributed by atoms with Crippen LogP contribution in [0.2, 0.25) is 0 Å². The van der Waals surface area contributed by atoms with Crippen LogP contribution in [-0.2, 0) is 17.6 Å². The smallest absolute Gasteiger partial charge is 0.261 e. The Kier molecular flexibility index (Phi) is 3.46. The van der Waals surface area contributed by atoms with E-state index in [9.17, 15) is 4.79 Å². The molecule has 0 saturated carbocycles. The maximum Gasteiger partial charge on any atom is 0.261 e. The van der Waals surface area contributed by atoms with Crippen molar-refractivity contribution in [2.45, 2.75) is 18.9 Å². The maximum absolute atomic E-state index is 12.2. The van der Waals surface area contributed by atoms with Gasteiger partial charge < -0.3 is 15.0 Å². The first kappa shape index (κ1) is 13.8. The minimum Gasteiger partial charge on any atom is -0.480 e. The van der Waals surface area contributed by atoms with Gasteiger partial charge in [0.25, 0.3) is 5.91 Å². The van der Waals surface area contributed by atoms with Crippen LogP contribution >= 0.6 is 0 Å². The highest BCUT2D eigenvalue weighted by atomic mass is 16.5. The van der Waals surface area contributed by atoms with Gasteiger partial charge in [-0.15, -0.1) is 0 Å². The summed E-state index contributed by atoms with van der Waals surface area (Å²) in [4.78, 5) is 20.0. The van der Waals surface area contributed by atoms with E-state index in [0.717, 1.165) is 28.2 Å². The number of para-hydroxylation sites is 3. The average Bonchev–Trinajstić information content (AvgIpc) is 3.18. The van der Waals surface area contributed by atoms with Gasteiger partial charge in [-0.25, -0.2) is 4.98 Å². The summed E-state index contributed by atoms with van der Waals surface area (Å²) < 4.78 is 5.68. The molecule has 1 amide bonds. The number of benzene rings is 2. The molecule has 0 aliphatic carbocycles. The quantitative estimate of drug-likeness (QED) is 0.776. The van der Waals surface area contributed by atoms with Gasteiger partial charge in [-0.3, -0.25) is 4.79 Å². The Hall–Kier alpha value is -2.82. The minimum absolute atomic E-state index is 0.0719. The summed E-state index contributed by atoms with van der Waals surface area (Å²) in [5, 5.41) is 2.93. The number of fused-ring (bicyclic) bond motifs is 2. The van der Waals surface area contributed by atoms with E-state index in [1.165, 1.54) is 0 Å². The van der Waals surface area contributed by atoms with E-state index in [1.807, 2.05) is 48.5 Å². The summed E-state index contributed by atoms with van der Waals surface area (Å²) in [6.07, 6.45) is 0.871. The number of amides is 1. The second kappa shape index (κ2) is 5.76. The summed E-state index contributed by atoms with van der Waals surface area (Å²) in [6, 6.07) is 15.7. The highest BCUT2D eigenvalue weighted by molar-refractivity contribution is 5.82. The molecule has 2 N–H and O–H groups in total. The predicted molar refractivity (Wildman–Crippen MR) is 87.4 cm³/mol. The van der Waals surface area contributed by atoms with Crippen LogP contribution in [0, 0.1) is 0 Å². The van der Waals surface area contributed by atoms with Gasteiger partial charge in [-0.05, 0) is 23.8 Å². The van der Waals surface area contributed by atoms with E-state index >= 15 is 0 Å². The number of nitrogens with zero attached hydrogens (tertiary/aromatic N) is 1. The number of H-pyrrole nitrogens is 1. The zero-order valence-electron chi connectivity index (χ0n) is 12.6. The van der Waals surface area contributed by atoms with Crippen molar-refractivity contribution < 1.29 is 9.53 Å². The fraction of sp³-hybridized carbons (Fsp3) is 0.222. The maximum atomic E-state index is 12.2. The Morgan fingerprint density at radius 1 is 1.22 bits per heavy atom. The second-order valence-electron chi connectivity index (χ2n) is 5.66. The molecule has 0 unspecified atom stereocenters. The molecular weight excluding hydrogens is 290 g/mol. The normalized spacial score (nSPS) is 16.1. The molecule has 1 aliphatic heterocycles. The molecule has 23 heavy (non-hydrogen) atoms. The van der Waals surface area contributed by atoms with Crippen molar-refractivity contribution in [2.24, 2.45) is 0 Å². The third kappa shape index (κ3) is 2.77. The number of carbonyl (C=O) groups excluding carboxylic acids is 1. The number of carbonyl (C=O) groups is 1. The molecule has 2 aromatic carbocycles. The zero-order chi connectivity index (χ0) is 15.6. The van der Waals surface area contributed by atoms with Crippen molar-refractivity contribution in [1.82, 2.24) is 15.3 Å². The molecule has 0 bridgehead atoms. The van der Waals surface area contributed by atoms with Crippen molar-refractivity contribution in [1.29, 1.82) is 0 Å². The highest BCUT2D eigenvalue weighted by Crippen LogP contribution is 2.28. The number of hydrogen-bond acceptors (Lipinski definition) is 3. The molecule has 116 valence electrons. The molecule has 1 aliphatic rings. The Labute approximate surface area is 133 Å². The van der Waals surface area contributed by atoms with E-state index in [4.69, 9.17) is 4.74 Å². The highest BCUT2D eigenvalue weighted by Gasteiger charge is 2.28. The van der Waals surface area contributed by atoms with E-state index in [1.54, 1.807) is 0 Å². The van der Waals surface area contributed by atoms with Crippen LogP contribution in [0.5, 0.6) is 5.75 Å². The van der Waals surface area contributed by atoms with Crippen molar-refractivity contribution in [2.75, 3.05) is 6.54 Å². The van der Waals surface area contributed by atoms with Crippen LogP contribution < -0.4 is 10.1 Å². The van der Waals surface area contributed by atoms with Crippen molar-refractivity contribution in [3.63, 3.8) is 0 Å². The lowest BCUT2D eigenvalue weighted by atomic mass is 10.1. The van der Waals surface area contributed by atoms with Gasteiger partial charge in [-0.1, -0.05) is 30.3 Å². The van der Waals surface area contributed by atoms with Crippen LogP contribution in [0.1, 0.15) is 11.4 Å². The molecule has 4 rings (SSSR count). The van der Waals surface area contributed by atoms with Crippen molar-refractivity contribution in [3.8, 4) is 5.75 Å². The lowest BCUT2D eigenvalue weighted by Gasteiger charge is -2.10. The average molecular weight is 307 g/mol. The van der Waals surface area contributed by atoms with E-state index in [2.05, 4.69) is 15.3 Å². The fourth-order valence-corrected chi connectivity index (χ4v) is 2.87. The number of imidazole rings is 1. The van der Waals surface area contributed by atoms with E-state index < -0.39 is 6.10 Å². The topological polar surface area (TPSA) is 67.0 Å². The number of ether oxygens (including phenoxy) is 1. The first-order chi connectivity index (χ1) is 11.3. The molecule has 0 saturated heterocycles. The van der Waals surface area contributed by atoms with Gasteiger partial charge in [0.05, 0.1) is 11.0 Å². The first-order valence-electron chi connectivity index (χ1n) is 7.75. The molecule has 3 aromatic rings. The lowest BCUT2D eigenvalue weighted by molar-refractivity contribution is -0.127. The fourth-order valence-electron chi connectivity index (χ4n) is 2.87.